The van der Waals surface area contributed by atoms with Gasteiger partial charge in [-0.2, -0.15) is 0 Å². The molecule has 2 aromatic heterocycles. The van der Waals surface area contributed by atoms with E-state index in [0.29, 0.717) is 16.7 Å². The summed E-state index contributed by atoms with van der Waals surface area (Å²) in [5.41, 5.74) is -3.37. The summed E-state index contributed by atoms with van der Waals surface area (Å²) in [6.45, 7) is 0.651. The number of aromatic nitrogens is 3. The minimum Gasteiger partial charge on any atom is -0.479 e. The van der Waals surface area contributed by atoms with Gasteiger partial charge in [0.15, 0.2) is 11.9 Å². The smallest absolute Gasteiger partial charge is 0.348 e. The Morgan fingerprint density at radius 1 is 1.21 bits per heavy atom. The van der Waals surface area contributed by atoms with E-state index < -0.39 is 54.6 Å². The standard InChI is InChI=1S/C22H22ClN3O8/c1-21(32)14(10-33-22(19(28)29,20(30)31)9-12-5-3-2-4-6-12)34-18(16(21)27)26-11-24-13-7-8-15(23)25-17(13)26/h2-8,11,14,16,18,27,32H,9-10H2,1H3,(H,28,29)(H,30,31)/t14-,16+,18-,21-/m1/s1. The molecule has 4 rings (SSSR count). The van der Waals surface area contributed by atoms with Crippen molar-refractivity contribution < 1.29 is 39.5 Å². The maximum atomic E-state index is 12.0. The lowest BCUT2D eigenvalue weighted by Crippen LogP contribution is -2.54. The van der Waals surface area contributed by atoms with Crippen LogP contribution in [-0.2, 0) is 25.5 Å². The van der Waals surface area contributed by atoms with Gasteiger partial charge in [-0.15, -0.1) is 0 Å². The van der Waals surface area contributed by atoms with Crippen molar-refractivity contribution in [2.24, 2.45) is 0 Å². The zero-order valence-electron chi connectivity index (χ0n) is 17.9. The van der Waals surface area contributed by atoms with Crippen molar-refractivity contribution in [1.82, 2.24) is 14.5 Å². The van der Waals surface area contributed by atoms with Crippen LogP contribution in [0.5, 0.6) is 0 Å². The van der Waals surface area contributed by atoms with Gasteiger partial charge in [0.05, 0.1) is 12.9 Å². The molecule has 1 aromatic carbocycles. The predicted octanol–water partition coefficient (Wildman–Crippen LogP) is 1.26. The van der Waals surface area contributed by atoms with Crippen LogP contribution in [0.1, 0.15) is 18.7 Å². The number of imidazole rings is 1. The fraction of sp³-hybridized carbons (Fsp3) is 0.364. The van der Waals surface area contributed by atoms with E-state index in [0.717, 1.165) is 0 Å². The molecule has 11 nitrogen and oxygen atoms in total. The second-order valence-electron chi connectivity index (χ2n) is 8.23. The summed E-state index contributed by atoms with van der Waals surface area (Å²) in [7, 11) is 0. The molecule has 0 saturated carbocycles. The molecular formula is C22H22ClN3O8. The molecule has 0 unspecified atom stereocenters. The van der Waals surface area contributed by atoms with Gasteiger partial charge in [-0.3, -0.25) is 4.57 Å². The first-order valence-electron chi connectivity index (χ1n) is 10.3. The third-order valence-electron chi connectivity index (χ3n) is 5.95. The Morgan fingerprint density at radius 3 is 2.53 bits per heavy atom. The summed E-state index contributed by atoms with van der Waals surface area (Å²) >= 11 is 5.96. The van der Waals surface area contributed by atoms with E-state index in [2.05, 4.69) is 9.97 Å². The lowest BCUT2D eigenvalue weighted by molar-refractivity contribution is -0.192. The number of aliphatic hydroxyl groups excluding tert-OH is 1. The number of fused-ring (bicyclic) bond motifs is 1. The van der Waals surface area contributed by atoms with Crippen molar-refractivity contribution in [1.29, 1.82) is 0 Å². The molecule has 4 N–H and O–H groups in total. The van der Waals surface area contributed by atoms with Crippen molar-refractivity contribution in [2.75, 3.05) is 6.61 Å². The Morgan fingerprint density at radius 2 is 1.88 bits per heavy atom. The molecule has 3 heterocycles. The van der Waals surface area contributed by atoms with Crippen LogP contribution in [0.15, 0.2) is 48.8 Å². The van der Waals surface area contributed by atoms with E-state index in [1.54, 1.807) is 42.5 Å². The molecule has 1 aliphatic heterocycles. The molecule has 0 spiro atoms. The fourth-order valence-electron chi connectivity index (χ4n) is 3.88. The summed E-state index contributed by atoms with van der Waals surface area (Å²) in [5, 5.41) is 41.5. The Kier molecular flexibility index (Phi) is 6.32. The SMILES string of the molecule is C[C@@]1(O)[C@@H](COC(Cc2ccccc2)(C(=O)O)C(=O)O)O[C@@H](n2cnc3ccc(Cl)nc32)[C@@H]1O. The lowest BCUT2D eigenvalue weighted by atomic mass is 9.92. The molecule has 1 fully saturated rings. The number of nitrogens with zero attached hydrogens (tertiary/aromatic N) is 3. The van der Waals surface area contributed by atoms with Crippen LogP contribution in [-0.4, -0.2) is 76.9 Å². The van der Waals surface area contributed by atoms with Crippen LogP contribution in [0.2, 0.25) is 5.15 Å². The van der Waals surface area contributed by atoms with Crippen LogP contribution in [0.25, 0.3) is 11.2 Å². The zero-order valence-corrected chi connectivity index (χ0v) is 18.7. The third-order valence-corrected chi connectivity index (χ3v) is 6.16. The highest BCUT2D eigenvalue weighted by Crippen LogP contribution is 2.39. The quantitative estimate of drug-likeness (QED) is 0.266. The second-order valence-corrected chi connectivity index (χ2v) is 8.61. The summed E-state index contributed by atoms with van der Waals surface area (Å²) in [5.74, 6) is -3.42. The number of halogens is 1. The molecule has 4 atom stereocenters. The van der Waals surface area contributed by atoms with Crippen LogP contribution >= 0.6 is 11.6 Å². The van der Waals surface area contributed by atoms with Gasteiger partial charge in [0.25, 0.3) is 5.60 Å². The van der Waals surface area contributed by atoms with Crippen LogP contribution < -0.4 is 0 Å². The van der Waals surface area contributed by atoms with Crippen molar-refractivity contribution in [3.63, 3.8) is 0 Å². The molecular weight excluding hydrogens is 470 g/mol. The monoisotopic (exact) mass is 491 g/mol. The second kappa shape index (κ2) is 8.93. The molecule has 0 radical (unpaired) electrons. The van der Waals surface area contributed by atoms with Gasteiger partial charge < -0.3 is 29.9 Å². The van der Waals surface area contributed by atoms with Crippen LogP contribution in [0.4, 0.5) is 0 Å². The third kappa shape index (κ3) is 4.12. The van der Waals surface area contributed by atoms with Gasteiger partial charge in [0.1, 0.15) is 28.5 Å². The number of carboxylic acid groups (broad SMARTS) is 2. The van der Waals surface area contributed by atoms with Gasteiger partial charge in [-0.05, 0) is 24.6 Å². The molecule has 34 heavy (non-hydrogen) atoms. The Labute approximate surface area is 198 Å². The number of aliphatic carboxylic acids is 2. The highest BCUT2D eigenvalue weighted by molar-refractivity contribution is 6.29. The van der Waals surface area contributed by atoms with E-state index in [4.69, 9.17) is 21.1 Å². The topological polar surface area (TPSA) is 164 Å². The van der Waals surface area contributed by atoms with E-state index in [1.165, 1.54) is 17.8 Å². The molecule has 1 saturated heterocycles. The van der Waals surface area contributed by atoms with E-state index in [-0.39, 0.29) is 5.15 Å². The number of aliphatic hydroxyl groups is 2. The zero-order chi connectivity index (χ0) is 24.7. The van der Waals surface area contributed by atoms with E-state index >= 15 is 0 Å². The Balaban J connectivity index is 1.60. The first-order chi connectivity index (χ1) is 16.1. The predicted molar refractivity (Wildman–Crippen MR) is 117 cm³/mol. The van der Waals surface area contributed by atoms with Crippen LogP contribution in [0, 0.1) is 0 Å². The molecule has 0 bridgehead atoms. The van der Waals surface area contributed by atoms with Gasteiger partial charge in [0.2, 0.25) is 0 Å². The van der Waals surface area contributed by atoms with Crippen molar-refractivity contribution >= 4 is 34.7 Å². The maximum Gasteiger partial charge on any atom is 0.348 e. The normalized spacial score (nSPS) is 25.0. The van der Waals surface area contributed by atoms with Crippen LogP contribution in [0.3, 0.4) is 0 Å². The fourth-order valence-corrected chi connectivity index (χ4v) is 4.02. The molecule has 3 aromatic rings. The van der Waals surface area contributed by atoms with Gasteiger partial charge in [0, 0.05) is 6.42 Å². The number of ether oxygens (including phenoxy) is 2. The molecule has 1 aliphatic rings. The average molecular weight is 492 g/mol. The van der Waals surface area contributed by atoms with Crippen molar-refractivity contribution in [3.8, 4) is 0 Å². The number of carbonyl (C=O) groups is 2. The average Bonchev–Trinajstić information content (AvgIpc) is 3.29. The number of pyridine rings is 1. The summed E-state index contributed by atoms with van der Waals surface area (Å²) in [6, 6.07) is 11.3. The highest BCUT2D eigenvalue weighted by Gasteiger charge is 2.56. The summed E-state index contributed by atoms with van der Waals surface area (Å²) in [4.78, 5) is 32.4. The summed E-state index contributed by atoms with van der Waals surface area (Å²) < 4.78 is 12.6. The first-order valence-corrected chi connectivity index (χ1v) is 10.6. The van der Waals surface area contributed by atoms with E-state index in [1.807, 2.05) is 0 Å². The number of benzene rings is 1. The van der Waals surface area contributed by atoms with Crippen molar-refractivity contribution in [3.05, 3.63) is 59.5 Å². The molecule has 0 aliphatic carbocycles. The van der Waals surface area contributed by atoms with E-state index in [9.17, 15) is 30.0 Å². The maximum absolute atomic E-state index is 12.0. The number of carboxylic acids is 2. The number of rotatable bonds is 8. The van der Waals surface area contributed by atoms with Gasteiger partial charge >= 0.3 is 11.9 Å². The van der Waals surface area contributed by atoms with Crippen molar-refractivity contribution in [2.45, 2.75) is 43.0 Å². The number of hydrogen-bond donors (Lipinski definition) is 4. The first kappa shape index (κ1) is 24.0. The molecule has 0 amide bonds. The van der Waals surface area contributed by atoms with Gasteiger partial charge in [-0.1, -0.05) is 41.9 Å². The molecule has 180 valence electrons. The Hall–Kier alpha value is -3.09. The molecule has 12 heteroatoms. The minimum atomic E-state index is -2.64. The highest BCUT2D eigenvalue weighted by atomic mass is 35.5. The largest absolute Gasteiger partial charge is 0.479 e. The lowest BCUT2D eigenvalue weighted by Gasteiger charge is -2.30. The van der Waals surface area contributed by atoms with Gasteiger partial charge in [-0.25, -0.2) is 19.6 Å². The minimum absolute atomic E-state index is 0.182. The number of hydrogen-bond acceptors (Lipinski definition) is 8. The Bertz CT molecular complexity index is 1200. The summed E-state index contributed by atoms with van der Waals surface area (Å²) in [6.07, 6.45) is -3.06.